The van der Waals surface area contributed by atoms with Gasteiger partial charge < -0.3 is 14.4 Å². The molecule has 0 spiro atoms. The van der Waals surface area contributed by atoms with E-state index in [0.717, 1.165) is 0 Å². The van der Waals surface area contributed by atoms with Gasteiger partial charge in [-0.15, -0.1) is 0 Å². The summed E-state index contributed by atoms with van der Waals surface area (Å²) in [6.07, 6.45) is -15.2. The fourth-order valence-corrected chi connectivity index (χ4v) is 2.84. The van der Waals surface area contributed by atoms with Crippen LogP contribution in [0.5, 0.6) is 0 Å². The van der Waals surface area contributed by atoms with E-state index in [4.69, 9.17) is 0 Å². The van der Waals surface area contributed by atoms with Crippen molar-refractivity contribution in [1.82, 2.24) is 0 Å². The lowest BCUT2D eigenvalue weighted by Crippen LogP contribution is -2.77. The van der Waals surface area contributed by atoms with Crippen LogP contribution in [-0.4, -0.2) is 103 Å². The molecule has 3 nitrogen and oxygen atoms in total. The standard InChI is InChI=1S/C17H13F22NO2/c1-40(2,5-7(41)42)4-3-6(18)8(19,20)9(21,22)10(23,24)11(25,26)12(27,28)13(29,30)14(31,32)15(33,34)16(35,36)17(37,38)39/h6H,3-5H2,1-2H3. The largest absolute Gasteiger partial charge is 0.544 e. The zero-order chi connectivity index (χ0) is 34.8. The number of aliphatic carboxylic acids is 1. The molecule has 252 valence electrons. The molecule has 0 aromatic heterocycles. The van der Waals surface area contributed by atoms with Crippen LogP contribution in [0, 0.1) is 0 Å². The molecule has 0 N–H and O–H groups in total. The molecule has 0 aliphatic rings. The number of carbonyl (C=O) groups is 1. The van der Waals surface area contributed by atoms with E-state index in [-0.39, 0.29) is 0 Å². The van der Waals surface area contributed by atoms with Gasteiger partial charge in [0.25, 0.3) is 0 Å². The molecule has 0 saturated carbocycles. The van der Waals surface area contributed by atoms with Gasteiger partial charge in [-0.25, -0.2) is 4.39 Å². The van der Waals surface area contributed by atoms with Crippen LogP contribution in [0.2, 0.25) is 0 Å². The van der Waals surface area contributed by atoms with E-state index in [0.29, 0.717) is 14.1 Å². The quantitative estimate of drug-likeness (QED) is 0.171. The first-order valence-corrected chi connectivity index (χ1v) is 9.92. The molecule has 0 aromatic carbocycles. The fourth-order valence-electron chi connectivity index (χ4n) is 2.84. The Labute approximate surface area is 217 Å². The molecule has 0 aliphatic carbocycles. The van der Waals surface area contributed by atoms with E-state index in [9.17, 15) is 106 Å². The lowest BCUT2D eigenvalue weighted by Gasteiger charge is -2.44. The number of alkyl halides is 22. The highest BCUT2D eigenvalue weighted by atomic mass is 19.4. The molecule has 0 radical (unpaired) electrons. The van der Waals surface area contributed by atoms with Crippen LogP contribution < -0.4 is 5.11 Å². The summed E-state index contributed by atoms with van der Waals surface area (Å²) >= 11 is 0. The second-order valence-corrected chi connectivity index (χ2v) is 9.16. The van der Waals surface area contributed by atoms with E-state index in [2.05, 4.69) is 0 Å². The summed E-state index contributed by atoms with van der Waals surface area (Å²) in [6.45, 7) is -2.66. The number of carbonyl (C=O) groups excluding carboxylic acids is 1. The molecule has 0 aliphatic heterocycles. The summed E-state index contributed by atoms with van der Waals surface area (Å²) in [6, 6.07) is 0. The molecule has 1 atom stereocenters. The molecule has 0 saturated heterocycles. The van der Waals surface area contributed by atoms with Gasteiger partial charge in [-0.05, 0) is 0 Å². The minimum atomic E-state index is -9.31. The first-order chi connectivity index (χ1) is 17.8. The topological polar surface area (TPSA) is 40.1 Å². The maximum absolute atomic E-state index is 13.9. The van der Waals surface area contributed by atoms with Crippen molar-refractivity contribution in [2.45, 2.75) is 72.1 Å². The van der Waals surface area contributed by atoms with Gasteiger partial charge in [0.05, 0.1) is 26.6 Å². The summed E-state index contributed by atoms with van der Waals surface area (Å²) in [5.41, 5.74) is 0. The third-order valence-corrected chi connectivity index (χ3v) is 5.47. The van der Waals surface area contributed by atoms with Gasteiger partial charge >= 0.3 is 59.5 Å². The van der Waals surface area contributed by atoms with Crippen molar-refractivity contribution in [1.29, 1.82) is 0 Å². The van der Waals surface area contributed by atoms with Crippen molar-refractivity contribution < 1.29 is 111 Å². The van der Waals surface area contributed by atoms with E-state index >= 15 is 0 Å². The van der Waals surface area contributed by atoms with Gasteiger partial charge in [-0.3, -0.25) is 0 Å². The Kier molecular flexibility index (Phi) is 9.98. The molecule has 0 bridgehead atoms. The predicted molar refractivity (Wildman–Crippen MR) is 86.9 cm³/mol. The highest BCUT2D eigenvalue weighted by Gasteiger charge is 2.98. The average molecular weight is 681 g/mol. The number of nitrogens with zero attached hydrogens (tertiary/aromatic N) is 1. The second kappa shape index (κ2) is 10.5. The lowest BCUT2D eigenvalue weighted by molar-refractivity contribution is -0.885. The highest BCUT2D eigenvalue weighted by Crippen LogP contribution is 2.66. The third kappa shape index (κ3) is 5.61. The average Bonchev–Trinajstić information content (AvgIpc) is 2.74. The summed E-state index contributed by atoms with van der Waals surface area (Å²) in [7, 11) is 1.39. The van der Waals surface area contributed by atoms with E-state index in [1.165, 1.54) is 0 Å². The van der Waals surface area contributed by atoms with Crippen LogP contribution >= 0.6 is 0 Å². The van der Waals surface area contributed by atoms with Crippen molar-refractivity contribution >= 4 is 5.97 Å². The van der Waals surface area contributed by atoms with Crippen LogP contribution in [0.1, 0.15) is 6.42 Å². The Morgan fingerprint density at radius 2 is 0.810 bits per heavy atom. The van der Waals surface area contributed by atoms with Crippen LogP contribution in [0.3, 0.4) is 0 Å². The fraction of sp³-hybridized carbons (Fsp3) is 0.941. The van der Waals surface area contributed by atoms with Gasteiger partial charge in [0.2, 0.25) is 0 Å². The van der Waals surface area contributed by atoms with E-state index in [1.54, 1.807) is 0 Å². The van der Waals surface area contributed by atoms with Crippen LogP contribution in [0.4, 0.5) is 96.6 Å². The zero-order valence-electron chi connectivity index (χ0n) is 19.8. The smallest absolute Gasteiger partial charge is 0.460 e. The number of carboxylic acid groups (broad SMARTS) is 1. The van der Waals surface area contributed by atoms with Crippen LogP contribution in [-0.2, 0) is 4.79 Å². The van der Waals surface area contributed by atoms with Crippen LogP contribution in [0.15, 0.2) is 0 Å². The highest BCUT2D eigenvalue weighted by molar-refractivity contribution is 5.65. The first kappa shape index (κ1) is 39.9. The number of hydrogen-bond acceptors (Lipinski definition) is 2. The third-order valence-electron chi connectivity index (χ3n) is 5.47. The SMILES string of the molecule is C[N+](C)(CCC(F)C(F)(F)C(F)(F)C(F)(F)C(F)(F)C(F)(F)C(F)(F)C(F)(F)C(F)(F)C(F)(F)C(F)(F)F)CC(=O)[O-]. The van der Waals surface area contributed by atoms with E-state index < -0.39 is 95.6 Å². The number of quaternary nitrogens is 1. The summed E-state index contributed by atoms with van der Waals surface area (Å²) in [4.78, 5) is 10.5. The molecule has 0 rings (SSSR count). The number of halogens is 22. The first-order valence-electron chi connectivity index (χ1n) is 9.92. The van der Waals surface area contributed by atoms with Crippen molar-refractivity contribution in [2.24, 2.45) is 0 Å². The summed E-state index contributed by atoms with van der Waals surface area (Å²) < 4.78 is 292. The number of rotatable bonds is 14. The molecule has 0 aromatic rings. The van der Waals surface area contributed by atoms with E-state index in [1.807, 2.05) is 0 Å². The normalized spacial score (nSPS) is 17.0. The molecule has 0 fully saturated rings. The van der Waals surface area contributed by atoms with Crippen LogP contribution in [0.25, 0.3) is 0 Å². The molecular formula is C17H13F22NO2. The van der Waals surface area contributed by atoms with Gasteiger partial charge in [0.1, 0.15) is 6.54 Å². The Balaban J connectivity index is 6.86. The van der Waals surface area contributed by atoms with Crippen molar-refractivity contribution in [3.05, 3.63) is 0 Å². The van der Waals surface area contributed by atoms with Gasteiger partial charge in [-0.2, -0.15) is 92.2 Å². The van der Waals surface area contributed by atoms with Crippen molar-refractivity contribution in [2.75, 3.05) is 27.2 Å². The molecule has 0 amide bonds. The predicted octanol–water partition coefficient (Wildman–Crippen LogP) is 5.82. The lowest BCUT2D eigenvalue weighted by atomic mass is 9.85. The number of carboxylic acids is 1. The monoisotopic (exact) mass is 681 g/mol. The summed E-state index contributed by atoms with van der Waals surface area (Å²) in [5.74, 6) is -81.2. The van der Waals surface area contributed by atoms with Gasteiger partial charge in [0, 0.05) is 6.42 Å². The van der Waals surface area contributed by atoms with Crippen molar-refractivity contribution in [3.8, 4) is 0 Å². The maximum Gasteiger partial charge on any atom is 0.460 e. The Hall–Kier alpha value is -2.11. The zero-order valence-corrected chi connectivity index (χ0v) is 19.8. The number of hydrogen-bond donors (Lipinski definition) is 0. The molecule has 1 unspecified atom stereocenters. The molecule has 25 heteroatoms. The Morgan fingerprint density at radius 1 is 0.548 bits per heavy atom. The van der Waals surface area contributed by atoms with Crippen molar-refractivity contribution in [3.63, 3.8) is 0 Å². The van der Waals surface area contributed by atoms with Gasteiger partial charge in [-0.1, -0.05) is 0 Å². The molecule has 0 heterocycles. The second-order valence-electron chi connectivity index (χ2n) is 9.16. The summed E-state index contributed by atoms with van der Waals surface area (Å²) in [5, 5.41) is 10.5. The minimum Gasteiger partial charge on any atom is -0.544 e. The molecular weight excluding hydrogens is 668 g/mol. The molecule has 42 heavy (non-hydrogen) atoms. The minimum absolute atomic E-state index is 0.697. The Morgan fingerprint density at radius 3 is 1.07 bits per heavy atom. The maximum atomic E-state index is 13.9. The number of likely N-dealkylation sites (N-methyl/N-ethyl adjacent to an activating group) is 1. The Bertz CT molecular complexity index is 984. The van der Waals surface area contributed by atoms with Gasteiger partial charge in [0.15, 0.2) is 6.17 Å².